The molecule has 0 bridgehead atoms. The average Bonchev–Trinajstić information content (AvgIpc) is 3.01. The van der Waals surface area contributed by atoms with E-state index in [1.807, 2.05) is 25.1 Å². The van der Waals surface area contributed by atoms with Crippen LogP contribution in [0, 0.1) is 12.8 Å². The molecule has 0 spiro atoms. The van der Waals surface area contributed by atoms with Gasteiger partial charge in [-0.1, -0.05) is 18.1 Å². The Kier molecular flexibility index (Phi) is 3.70. The summed E-state index contributed by atoms with van der Waals surface area (Å²) in [6.07, 6.45) is 3.29. The maximum atomic E-state index is 12.1. The van der Waals surface area contributed by atoms with Gasteiger partial charge in [-0.3, -0.25) is 4.79 Å². The molecule has 1 saturated carbocycles. The number of hydrogen-bond donors (Lipinski definition) is 1. The second-order valence-electron chi connectivity index (χ2n) is 5.57. The highest BCUT2D eigenvalue weighted by molar-refractivity contribution is 6.21. The molecule has 2 aromatic rings. The van der Waals surface area contributed by atoms with Crippen LogP contribution in [-0.2, 0) is 0 Å². The predicted octanol–water partition coefficient (Wildman–Crippen LogP) is 3.88. The lowest BCUT2D eigenvalue weighted by atomic mass is 10.1. The van der Waals surface area contributed by atoms with E-state index >= 15 is 0 Å². The van der Waals surface area contributed by atoms with E-state index < -0.39 is 0 Å². The zero-order chi connectivity index (χ0) is 14.1. The Balaban J connectivity index is 1.69. The summed E-state index contributed by atoms with van der Waals surface area (Å²) < 4.78 is 5.58. The van der Waals surface area contributed by atoms with Crippen molar-refractivity contribution < 1.29 is 9.21 Å². The molecule has 1 N–H and O–H groups in total. The van der Waals surface area contributed by atoms with Crippen molar-refractivity contribution in [2.45, 2.75) is 31.6 Å². The summed E-state index contributed by atoms with van der Waals surface area (Å²) in [5, 5.41) is 4.08. The molecular formula is C16H18ClNO2. The molecule has 3 rings (SSSR count). The lowest BCUT2D eigenvalue weighted by Gasteiger charge is -2.13. The molecule has 1 heterocycles. The Morgan fingerprint density at radius 2 is 2.25 bits per heavy atom. The zero-order valence-corrected chi connectivity index (χ0v) is 12.2. The summed E-state index contributed by atoms with van der Waals surface area (Å²) in [6, 6.07) is 7.68. The van der Waals surface area contributed by atoms with Gasteiger partial charge in [0.25, 0.3) is 5.91 Å². The summed E-state index contributed by atoms with van der Waals surface area (Å²) in [6.45, 7) is 2.65. The number of carbonyl (C=O) groups excluding carboxylic acids is 1. The minimum atomic E-state index is -0.158. The number of rotatable bonds is 3. The first-order valence-electron chi connectivity index (χ1n) is 7.06. The van der Waals surface area contributed by atoms with Crippen LogP contribution < -0.4 is 5.32 Å². The monoisotopic (exact) mass is 291 g/mol. The van der Waals surface area contributed by atoms with Crippen LogP contribution in [0.3, 0.4) is 0 Å². The third-order valence-corrected chi connectivity index (χ3v) is 4.56. The molecule has 1 amide bonds. The van der Waals surface area contributed by atoms with Gasteiger partial charge >= 0.3 is 0 Å². The number of amides is 1. The summed E-state index contributed by atoms with van der Waals surface area (Å²) in [4.78, 5) is 12.1. The number of halogens is 1. The highest BCUT2D eigenvalue weighted by atomic mass is 35.5. The predicted molar refractivity (Wildman–Crippen MR) is 80.3 cm³/mol. The molecule has 2 atom stereocenters. The molecule has 0 aliphatic heterocycles. The molecule has 1 aromatic heterocycles. The molecule has 4 heteroatoms. The van der Waals surface area contributed by atoms with Gasteiger partial charge in [0.15, 0.2) is 5.76 Å². The SMILES string of the molecule is Cc1ccc2oc(C(=O)NCC3CCCC3Cl)cc2c1. The summed E-state index contributed by atoms with van der Waals surface area (Å²) in [5.74, 6) is 0.594. The van der Waals surface area contributed by atoms with Crippen LogP contribution in [0.4, 0.5) is 0 Å². The topological polar surface area (TPSA) is 42.2 Å². The maximum absolute atomic E-state index is 12.1. The van der Waals surface area contributed by atoms with Crippen LogP contribution in [0.25, 0.3) is 11.0 Å². The smallest absolute Gasteiger partial charge is 0.287 e. The molecule has 106 valence electrons. The Morgan fingerprint density at radius 3 is 3.00 bits per heavy atom. The van der Waals surface area contributed by atoms with Gasteiger partial charge in [0.1, 0.15) is 5.58 Å². The third-order valence-electron chi connectivity index (χ3n) is 3.99. The van der Waals surface area contributed by atoms with Crippen LogP contribution in [0.15, 0.2) is 28.7 Å². The minimum absolute atomic E-state index is 0.158. The van der Waals surface area contributed by atoms with Gasteiger partial charge in [0.2, 0.25) is 0 Å². The van der Waals surface area contributed by atoms with Crippen molar-refractivity contribution in [3.63, 3.8) is 0 Å². The first kappa shape index (κ1) is 13.5. The first-order valence-corrected chi connectivity index (χ1v) is 7.49. The van der Waals surface area contributed by atoms with Crippen LogP contribution in [0.2, 0.25) is 0 Å². The molecule has 1 aliphatic carbocycles. The first-order chi connectivity index (χ1) is 9.63. The van der Waals surface area contributed by atoms with Crippen molar-refractivity contribution in [3.05, 3.63) is 35.6 Å². The number of alkyl halides is 1. The minimum Gasteiger partial charge on any atom is -0.451 e. The fourth-order valence-electron chi connectivity index (χ4n) is 2.81. The Bertz CT molecular complexity index is 634. The van der Waals surface area contributed by atoms with Gasteiger partial charge in [0.05, 0.1) is 0 Å². The number of benzene rings is 1. The standard InChI is InChI=1S/C16H18ClNO2/c1-10-5-6-14-12(7-10)8-15(20-14)16(19)18-9-11-3-2-4-13(11)17/h5-8,11,13H,2-4,9H2,1H3,(H,18,19). The van der Waals surface area contributed by atoms with Crippen molar-refractivity contribution in [2.75, 3.05) is 6.54 Å². The van der Waals surface area contributed by atoms with Gasteiger partial charge in [0, 0.05) is 17.3 Å². The quantitative estimate of drug-likeness (QED) is 0.872. The van der Waals surface area contributed by atoms with Gasteiger partial charge < -0.3 is 9.73 Å². The third kappa shape index (κ3) is 2.68. The molecule has 20 heavy (non-hydrogen) atoms. The van der Waals surface area contributed by atoms with Gasteiger partial charge in [-0.25, -0.2) is 0 Å². The molecule has 0 saturated heterocycles. The average molecular weight is 292 g/mol. The number of aryl methyl sites for hydroxylation is 1. The lowest BCUT2D eigenvalue weighted by molar-refractivity contribution is 0.0922. The molecule has 0 radical (unpaired) electrons. The Morgan fingerprint density at radius 1 is 1.40 bits per heavy atom. The summed E-state index contributed by atoms with van der Waals surface area (Å²) in [7, 11) is 0. The van der Waals surface area contributed by atoms with Crippen molar-refractivity contribution in [2.24, 2.45) is 5.92 Å². The number of hydrogen-bond acceptors (Lipinski definition) is 2. The van der Waals surface area contributed by atoms with E-state index in [1.165, 1.54) is 0 Å². The van der Waals surface area contributed by atoms with E-state index in [1.54, 1.807) is 6.07 Å². The summed E-state index contributed by atoms with van der Waals surface area (Å²) >= 11 is 6.21. The van der Waals surface area contributed by atoms with Crippen molar-refractivity contribution in [1.82, 2.24) is 5.32 Å². The lowest BCUT2D eigenvalue weighted by Crippen LogP contribution is -2.30. The molecule has 2 unspecified atom stereocenters. The van der Waals surface area contributed by atoms with Gasteiger partial charge in [-0.2, -0.15) is 0 Å². The molecule has 1 aromatic carbocycles. The summed E-state index contributed by atoms with van der Waals surface area (Å²) in [5.41, 5.74) is 1.90. The van der Waals surface area contributed by atoms with Crippen molar-refractivity contribution in [3.8, 4) is 0 Å². The molecule has 3 nitrogen and oxygen atoms in total. The fourth-order valence-corrected chi connectivity index (χ4v) is 3.18. The van der Waals surface area contributed by atoms with Gasteiger partial charge in [-0.05, 0) is 43.9 Å². The van der Waals surface area contributed by atoms with E-state index in [9.17, 15) is 4.79 Å². The number of carbonyl (C=O) groups is 1. The largest absolute Gasteiger partial charge is 0.451 e. The Labute approximate surface area is 123 Å². The van der Waals surface area contributed by atoms with Crippen LogP contribution in [0.5, 0.6) is 0 Å². The molecule has 1 aliphatic rings. The van der Waals surface area contributed by atoms with Crippen molar-refractivity contribution >= 4 is 28.5 Å². The van der Waals surface area contributed by atoms with E-state index in [-0.39, 0.29) is 11.3 Å². The van der Waals surface area contributed by atoms with E-state index in [4.69, 9.17) is 16.0 Å². The zero-order valence-electron chi connectivity index (χ0n) is 11.5. The normalized spacial score (nSPS) is 22.3. The second kappa shape index (κ2) is 5.49. The van der Waals surface area contributed by atoms with Crippen LogP contribution >= 0.6 is 11.6 Å². The van der Waals surface area contributed by atoms with Crippen LogP contribution in [-0.4, -0.2) is 17.8 Å². The number of nitrogens with one attached hydrogen (secondary N) is 1. The highest BCUT2D eigenvalue weighted by Crippen LogP contribution is 2.29. The van der Waals surface area contributed by atoms with Gasteiger partial charge in [-0.15, -0.1) is 11.6 Å². The second-order valence-corrected chi connectivity index (χ2v) is 6.13. The van der Waals surface area contributed by atoms with Crippen molar-refractivity contribution in [1.29, 1.82) is 0 Å². The van der Waals surface area contributed by atoms with E-state index in [0.29, 0.717) is 18.2 Å². The fraction of sp³-hybridized carbons (Fsp3) is 0.438. The number of fused-ring (bicyclic) bond motifs is 1. The van der Waals surface area contributed by atoms with E-state index in [0.717, 1.165) is 35.8 Å². The number of furan rings is 1. The van der Waals surface area contributed by atoms with E-state index in [2.05, 4.69) is 5.32 Å². The Hall–Kier alpha value is -1.48. The maximum Gasteiger partial charge on any atom is 0.287 e. The molecular weight excluding hydrogens is 274 g/mol. The highest BCUT2D eigenvalue weighted by Gasteiger charge is 2.26. The molecule has 1 fully saturated rings. The van der Waals surface area contributed by atoms with Crippen LogP contribution in [0.1, 0.15) is 35.4 Å².